The van der Waals surface area contributed by atoms with Crippen molar-refractivity contribution >= 4 is 17.7 Å². The molecular formula is C15H24N2OS. The summed E-state index contributed by atoms with van der Waals surface area (Å²) < 4.78 is 0. The van der Waals surface area contributed by atoms with Crippen LogP contribution in [0.1, 0.15) is 39.3 Å². The van der Waals surface area contributed by atoms with Gasteiger partial charge in [-0.2, -0.15) is 0 Å². The summed E-state index contributed by atoms with van der Waals surface area (Å²) in [6, 6.07) is 8.57. The number of benzene rings is 1. The van der Waals surface area contributed by atoms with Gasteiger partial charge < -0.3 is 5.32 Å². The summed E-state index contributed by atoms with van der Waals surface area (Å²) in [5, 5.41) is 6.23. The Morgan fingerprint density at radius 2 is 1.68 bits per heavy atom. The van der Waals surface area contributed by atoms with E-state index in [0.717, 1.165) is 0 Å². The number of rotatable bonds is 6. The van der Waals surface area contributed by atoms with E-state index in [1.807, 2.05) is 20.8 Å². The lowest BCUT2D eigenvalue weighted by Gasteiger charge is -2.21. The number of carbonyl (C=O) groups excluding carboxylic acids is 1. The summed E-state index contributed by atoms with van der Waals surface area (Å²) >= 11 is 1.73. The molecule has 0 heterocycles. The van der Waals surface area contributed by atoms with Crippen molar-refractivity contribution in [3.63, 3.8) is 0 Å². The molecule has 1 amide bonds. The van der Waals surface area contributed by atoms with Crippen LogP contribution in [0.25, 0.3) is 0 Å². The molecule has 0 radical (unpaired) electrons. The highest BCUT2D eigenvalue weighted by atomic mass is 32.2. The zero-order valence-corrected chi connectivity index (χ0v) is 13.2. The molecule has 106 valence electrons. The fourth-order valence-corrected chi connectivity index (χ4v) is 2.26. The van der Waals surface area contributed by atoms with Crippen LogP contribution in [0.4, 0.5) is 0 Å². The van der Waals surface area contributed by atoms with Gasteiger partial charge in [-0.15, -0.1) is 11.8 Å². The Bertz CT molecular complexity index is 403. The van der Waals surface area contributed by atoms with Gasteiger partial charge in [0, 0.05) is 17.0 Å². The quantitative estimate of drug-likeness (QED) is 0.787. The molecule has 0 fully saturated rings. The average Bonchev–Trinajstić information content (AvgIpc) is 2.37. The first-order valence-corrected chi connectivity index (χ1v) is 7.87. The second-order valence-electron chi connectivity index (χ2n) is 5.05. The molecule has 0 aliphatic carbocycles. The van der Waals surface area contributed by atoms with Crippen LogP contribution in [0.3, 0.4) is 0 Å². The van der Waals surface area contributed by atoms with Gasteiger partial charge in [0.15, 0.2) is 0 Å². The summed E-state index contributed by atoms with van der Waals surface area (Å²) in [4.78, 5) is 13.1. The summed E-state index contributed by atoms with van der Waals surface area (Å²) in [6.45, 7) is 7.90. The standard InChI is InChI=1S/C15H24N2OS/c1-10(2)16-15(18)12(4)17-11(3)13-6-8-14(19-5)9-7-13/h6-12,17H,1-5H3,(H,16,18). The average molecular weight is 280 g/mol. The lowest BCUT2D eigenvalue weighted by atomic mass is 10.1. The van der Waals surface area contributed by atoms with Crippen molar-refractivity contribution in [2.45, 2.75) is 50.7 Å². The Kier molecular flexibility index (Phi) is 6.38. The predicted molar refractivity (Wildman–Crippen MR) is 82.5 cm³/mol. The highest BCUT2D eigenvalue weighted by Gasteiger charge is 2.16. The van der Waals surface area contributed by atoms with E-state index in [9.17, 15) is 4.79 Å². The van der Waals surface area contributed by atoms with Crippen molar-refractivity contribution < 1.29 is 4.79 Å². The molecular weight excluding hydrogens is 256 g/mol. The third-order valence-corrected chi connectivity index (χ3v) is 3.68. The Morgan fingerprint density at radius 1 is 1.11 bits per heavy atom. The molecule has 2 atom stereocenters. The van der Waals surface area contributed by atoms with Gasteiger partial charge in [0.05, 0.1) is 6.04 Å². The monoisotopic (exact) mass is 280 g/mol. The molecule has 1 rings (SSSR count). The minimum Gasteiger partial charge on any atom is -0.353 e. The zero-order chi connectivity index (χ0) is 14.4. The molecule has 0 saturated heterocycles. The van der Waals surface area contributed by atoms with Crippen molar-refractivity contribution in [3.05, 3.63) is 29.8 Å². The maximum absolute atomic E-state index is 11.8. The fourth-order valence-electron chi connectivity index (χ4n) is 1.85. The van der Waals surface area contributed by atoms with E-state index in [-0.39, 0.29) is 24.0 Å². The number of amides is 1. The zero-order valence-electron chi connectivity index (χ0n) is 12.4. The summed E-state index contributed by atoms with van der Waals surface area (Å²) in [5.74, 6) is 0.0441. The van der Waals surface area contributed by atoms with E-state index in [1.165, 1.54) is 10.5 Å². The molecule has 0 saturated carbocycles. The van der Waals surface area contributed by atoms with E-state index >= 15 is 0 Å². The van der Waals surface area contributed by atoms with Gasteiger partial charge in [0.1, 0.15) is 0 Å². The van der Waals surface area contributed by atoms with Crippen molar-refractivity contribution in [1.29, 1.82) is 0 Å². The minimum absolute atomic E-state index is 0.0441. The third-order valence-electron chi connectivity index (χ3n) is 2.94. The largest absolute Gasteiger partial charge is 0.353 e. The molecule has 1 aromatic carbocycles. The number of thioether (sulfide) groups is 1. The molecule has 2 N–H and O–H groups in total. The van der Waals surface area contributed by atoms with Crippen LogP contribution >= 0.6 is 11.8 Å². The first-order chi connectivity index (χ1) is 8.93. The van der Waals surface area contributed by atoms with Crippen molar-refractivity contribution in [2.75, 3.05) is 6.26 Å². The molecule has 0 aliphatic heterocycles. The maximum atomic E-state index is 11.8. The molecule has 3 nitrogen and oxygen atoms in total. The van der Waals surface area contributed by atoms with E-state index in [2.05, 4.69) is 48.1 Å². The highest BCUT2D eigenvalue weighted by molar-refractivity contribution is 7.98. The number of hydrogen-bond acceptors (Lipinski definition) is 3. The summed E-state index contributed by atoms with van der Waals surface area (Å²) in [7, 11) is 0. The van der Waals surface area contributed by atoms with Gasteiger partial charge >= 0.3 is 0 Å². The highest BCUT2D eigenvalue weighted by Crippen LogP contribution is 2.19. The fraction of sp³-hybridized carbons (Fsp3) is 0.533. The Hall–Kier alpha value is -1.00. The van der Waals surface area contributed by atoms with Crippen molar-refractivity contribution in [1.82, 2.24) is 10.6 Å². The third kappa shape index (κ3) is 5.25. The van der Waals surface area contributed by atoms with Gasteiger partial charge in [0.2, 0.25) is 5.91 Å². The SMILES string of the molecule is CSc1ccc(C(C)NC(C)C(=O)NC(C)C)cc1. The lowest BCUT2D eigenvalue weighted by molar-refractivity contribution is -0.123. The maximum Gasteiger partial charge on any atom is 0.237 e. The molecule has 19 heavy (non-hydrogen) atoms. The van der Waals surface area contributed by atoms with Crippen LogP contribution in [0, 0.1) is 0 Å². The first kappa shape index (κ1) is 16.1. The van der Waals surface area contributed by atoms with Crippen LogP contribution in [-0.2, 0) is 4.79 Å². The van der Waals surface area contributed by atoms with E-state index in [4.69, 9.17) is 0 Å². The summed E-state index contributed by atoms with van der Waals surface area (Å²) in [6.07, 6.45) is 2.06. The van der Waals surface area contributed by atoms with E-state index < -0.39 is 0 Å². The molecule has 0 bridgehead atoms. The van der Waals surface area contributed by atoms with Crippen LogP contribution < -0.4 is 10.6 Å². The first-order valence-electron chi connectivity index (χ1n) is 6.64. The number of hydrogen-bond donors (Lipinski definition) is 2. The smallest absolute Gasteiger partial charge is 0.237 e. The predicted octanol–water partition coefficient (Wildman–Crippen LogP) is 2.97. The summed E-state index contributed by atoms with van der Waals surface area (Å²) in [5.41, 5.74) is 1.20. The van der Waals surface area contributed by atoms with Crippen molar-refractivity contribution in [3.8, 4) is 0 Å². The molecule has 0 aromatic heterocycles. The Labute approximate surface area is 120 Å². The topological polar surface area (TPSA) is 41.1 Å². The van der Waals surface area contributed by atoms with Gasteiger partial charge in [-0.25, -0.2) is 0 Å². The Balaban J connectivity index is 2.57. The van der Waals surface area contributed by atoms with Crippen LogP contribution in [0.15, 0.2) is 29.2 Å². The van der Waals surface area contributed by atoms with Gasteiger partial charge in [-0.3, -0.25) is 10.1 Å². The number of carbonyl (C=O) groups is 1. The van der Waals surface area contributed by atoms with Crippen LogP contribution in [0.2, 0.25) is 0 Å². The molecule has 0 aliphatic rings. The molecule has 1 aromatic rings. The molecule has 0 spiro atoms. The van der Waals surface area contributed by atoms with Gasteiger partial charge in [-0.1, -0.05) is 12.1 Å². The normalized spacial score (nSPS) is 14.2. The van der Waals surface area contributed by atoms with Crippen LogP contribution in [-0.4, -0.2) is 24.2 Å². The van der Waals surface area contributed by atoms with Crippen molar-refractivity contribution in [2.24, 2.45) is 0 Å². The number of nitrogens with one attached hydrogen (secondary N) is 2. The van der Waals surface area contributed by atoms with Crippen LogP contribution in [0.5, 0.6) is 0 Å². The van der Waals surface area contributed by atoms with Gasteiger partial charge in [0.25, 0.3) is 0 Å². The lowest BCUT2D eigenvalue weighted by Crippen LogP contribution is -2.45. The van der Waals surface area contributed by atoms with E-state index in [1.54, 1.807) is 11.8 Å². The molecule has 2 unspecified atom stereocenters. The second kappa shape index (κ2) is 7.56. The minimum atomic E-state index is -0.197. The van der Waals surface area contributed by atoms with E-state index in [0.29, 0.717) is 0 Å². The molecule has 4 heteroatoms. The Morgan fingerprint density at radius 3 is 2.16 bits per heavy atom. The van der Waals surface area contributed by atoms with Gasteiger partial charge in [-0.05, 0) is 51.6 Å². The second-order valence-corrected chi connectivity index (χ2v) is 5.93.